The van der Waals surface area contributed by atoms with Gasteiger partial charge in [0.1, 0.15) is 17.6 Å². The molecule has 3 aromatic rings. The van der Waals surface area contributed by atoms with Crippen molar-refractivity contribution in [2.45, 2.75) is 31.6 Å². The summed E-state index contributed by atoms with van der Waals surface area (Å²) in [5.41, 5.74) is 2.91. The van der Waals surface area contributed by atoms with Gasteiger partial charge in [0.2, 0.25) is 0 Å². The van der Waals surface area contributed by atoms with Gasteiger partial charge < -0.3 is 9.47 Å². The van der Waals surface area contributed by atoms with Crippen molar-refractivity contribution in [2.75, 3.05) is 14.2 Å². The molecule has 0 aliphatic heterocycles. The van der Waals surface area contributed by atoms with E-state index in [0.717, 1.165) is 24.1 Å². The number of nitrogens with zero attached hydrogens (tertiary/aromatic N) is 4. The number of aryl methyl sites for hydroxylation is 1. The van der Waals surface area contributed by atoms with E-state index in [0.29, 0.717) is 29.8 Å². The predicted octanol–water partition coefficient (Wildman–Crippen LogP) is 3.54. The fourth-order valence-electron chi connectivity index (χ4n) is 4.11. The molecule has 9 nitrogen and oxygen atoms in total. The minimum Gasteiger partial charge on any atom is -0.497 e. The van der Waals surface area contributed by atoms with E-state index >= 15 is 4.39 Å². The molecule has 2 aromatic heterocycles. The van der Waals surface area contributed by atoms with Gasteiger partial charge >= 0.3 is 5.69 Å². The first-order valence-electron chi connectivity index (χ1n) is 9.58. The van der Waals surface area contributed by atoms with Crippen LogP contribution in [0.1, 0.15) is 35.6 Å². The second kappa shape index (κ2) is 7.77. The highest BCUT2D eigenvalue weighted by Crippen LogP contribution is 2.40. The van der Waals surface area contributed by atoms with Crippen LogP contribution < -0.4 is 9.47 Å². The number of hydrogen-bond donors (Lipinski definition) is 1. The molecule has 2 heterocycles. The molecule has 0 unspecified atom stereocenters. The van der Waals surface area contributed by atoms with Crippen LogP contribution in [0.3, 0.4) is 0 Å². The molecule has 0 amide bonds. The summed E-state index contributed by atoms with van der Waals surface area (Å²) in [5.74, 6) is 0.166. The number of nitrogens with one attached hydrogen (secondary N) is 1. The standard InChI is InChI=1S/C20H22FN5O4/c1-25-10-16(26(27)28)20(24-25)19-13-6-4-5-11(7-15(13)22-23-19)14-8-12(29-2)9-17(30-3)18(14)21/h8-11H,4-7H2,1-3H3,(H,22,23)/t11-/m1/s1. The van der Waals surface area contributed by atoms with E-state index in [2.05, 4.69) is 15.3 Å². The largest absolute Gasteiger partial charge is 0.497 e. The number of benzene rings is 1. The van der Waals surface area contributed by atoms with Gasteiger partial charge in [-0.15, -0.1) is 0 Å². The monoisotopic (exact) mass is 415 g/mol. The summed E-state index contributed by atoms with van der Waals surface area (Å²) in [5, 5.41) is 23.0. The summed E-state index contributed by atoms with van der Waals surface area (Å²) in [7, 11) is 4.59. The Morgan fingerprint density at radius 2 is 2.10 bits per heavy atom. The number of hydrogen-bond acceptors (Lipinski definition) is 6. The molecule has 10 heteroatoms. The molecule has 0 saturated heterocycles. The Bertz CT molecular complexity index is 1110. The highest BCUT2D eigenvalue weighted by Gasteiger charge is 2.30. The fourth-order valence-corrected chi connectivity index (χ4v) is 4.11. The zero-order chi connectivity index (χ0) is 21.4. The van der Waals surface area contributed by atoms with Crippen LogP contribution in [0, 0.1) is 15.9 Å². The number of aromatic nitrogens is 4. The summed E-state index contributed by atoms with van der Waals surface area (Å²) in [4.78, 5) is 11.0. The number of methoxy groups -OCH3 is 2. The first kappa shape index (κ1) is 19.9. The van der Waals surface area contributed by atoms with Crippen LogP contribution in [-0.4, -0.2) is 39.1 Å². The molecule has 158 valence electrons. The second-order valence-electron chi connectivity index (χ2n) is 7.35. The van der Waals surface area contributed by atoms with Gasteiger partial charge in [0.25, 0.3) is 0 Å². The molecular weight excluding hydrogens is 393 g/mol. The molecule has 1 aromatic carbocycles. The molecule has 1 atom stereocenters. The average Bonchev–Trinajstić information content (AvgIpc) is 3.24. The number of H-pyrrole nitrogens is 1. The van der Waals surface area contributed by atoms with E-state index in [4.69, 9.17) is 9.47 Å². The maximum absolute atomic E-state index is 15.0. The van der Waals surface area contributed by atoms with Crippen molar-refractivity contribution in [3.63, 3.8) is 0 Å². The SMILES string of the molecule is COc1cc(OC)c(F)c([C@@H]2CCCc3c(-c4nn(C)cc4[N+](=O)[O-])n[nH]c3C2)c1. The molecule has 0 fully saturated rings. The van der Waals surface area contributed by atoms with Gasteiger partial charge in [-0.25, -0.2) is 4.39 Å². The van der Waals surface area contributed by atoms with E-state index in [9.17, 15) is 10.1 Å². The van der Waals surface area contributed by atoms with Gasteiger partial charge in [0.05, 0.1) is 19.1 Å². The third-order valence-electron chi connectivity index (χ3n) is 5.55. The highest BCUT2D eigenvalue weighted by atomic mass is 19.1. The molecular formula is C20H22FN5O4. The van der Waals surface area contributed by atoms with Gasteiger partial charge in [-0.1, -0.05) is 0 Å². The van der Waals surface area contributed by atoms with E-state index in [1.165, 1.54) is 31.2 Å². The lowest BCUT2D eigenvalue weighted by Gasteiger charge is -2.18. The quantitative estimate of drug-likeness (QED) is 0.388. The van der Waals surface area contributed by atoms with Crippen LogP contribution in [0.25, 0.3) is 11.4 Å². The Morgan fingerprint density at radius 1 is 1.30 bits per heavy atom. The van der Waals surface area contributed by atoms with Gasteiger partial charge in [0.15, 0.2) is 17.3 Å². The number of rotatable bonds is 5. The lowest BCUT2D eigenvalue weighted by Crippen LogP contribution is -2.07. The zero-order valence-corrected chi connectivity index (χ0v) is 16.9. The lowest BCUT2D eigenvalue weighted by atomic mass is 9.90. The number of halogens is 1. The molecule has 0 spiro atoms. The second-order valence-corrected chi connectivity index (χ2v) is 7.35. The Morgan fingerprint density at radius 3 is 2.80 bits per heavy atom. The molecule has 30 heavy (non-hydrogen) atoms. The minimum absolute atomic E-state index is 0.0869. The summed E-state index contributed by atoms with van der Waals surface area (Å²) in [6.07, 6.45) is 4.10. The van der Waals surface area contributed by atoms with Gasteiger partial charge in [-0.3, -0.25) is 19.9 Å². The van der Waals surface area contributed by atoms with Crippen LogP contribution in [0.4, 0.5) is 10.1 Å². The van der Waals surface area contributed by atoms with Gasteiger partial charge in [-0.05, 0) is 43.2 Å². The highest BCUT2D eigenvalue weighted by molar-refractivity contribution is 5.69. The van der Waals surface area contributed by atoms with Gasteiger partial charge in [0, 0.05) is 24.4 Å². The Kier molecular flexibility index (Phi) is 5.15. The maximum Gasteiger partial charge on any atom is 0.316 e. The van der Waals surface area contributed by atoms with Crippen LogP contribution in [0.2, 0.25) is 0 Å². The number of aromatic amines is 1. The summed E-state index contributed by atoms with van der Waals surface area (Å²) < 4.78 is 26.9. The maximum atomic E-state index is 15.0. The molecule has 1 aliphatic carbocycles. The van der Waals surface area contributed by atoms with E-state index in [-0.39, 0.29) is 23.0 Å². The summed E-state index contributed by atoms with van der Waals surface area (Å²) in [6.45, 7) is 0. The van der Waals surface area contributed by atoms with Crippen molar-refractivity contribution < 1.29 is 18.8 Å². The van der Waals surface area contributed by atoms with E-state index in [1.54, 1.807) is 13.1 Å². The zero-order valence-electron chi connectivity index (χ0n) is 16.9. The normalized spacial score (nSPS) is 16.1. The van der Waals surface area contributed by atoms with Crippen LogP contribution in [0.15, 0.2) is 18.3 Å². The summed E-state index contributed by atoms with van der Waals surface area (Å²) in [6, 6.07) is 3.23. The first-order chi connectivity index (χ1) is 14.4. The van der Waals surface area contributed by atoms with Gasteiger partial charge in [-0.2, -0.15) is 10.2 Å². The Balaban J connectivity index is 1.73. The van der Waals surface area contributed by atoms with Crippen molar-refractivity contribution >= 4 is 5.69 Å². The third-order valence-corrected chi connectivity index (χ3v) is 5.55. The van der Waals surface area contributed by atoms with Crippen molar-refractivity contribution in [1.82, 2.24) is 20.0 Å². The lowest BCUT2D eigenvalue weighted by molar-refractivity contribution is -0.384. The number of nitro groups is 1. The minimum atomic E-state index is -0.458. The molecule has 0 saturated carbocycles. The molecule has 0 radical (unpaired) electrons. The van der Waals surface area contributed by atoms with Crippen molar-refractivity contribution in [1.29, 1.82) is 0 Å². The van der Waals surface area contributed by atoms with Crippen LogP contribution in [0.5, 0.6) is 11.5 Å². The third kappa shape index (κ3) is 3.38. The van der Waals surface area contributed by atoms with Crippen molar-refractivity contribution in [2.24, 2.45) is 7.05 Å². The summed E-state index contributed by atoms with van der Waals surface area (Å²) >= 11 is 0. The number of ether oxygens (including phenoxy) is 2. The topological polar surface area (TPSA) is 108 Å². The van der Waals surface area contributed by atoms with Crippen molar-refractivity contribution in [3.8, 4) is 22.9 Å². The van der Waals surface area contributed by atoms with Crippen LogP contribution >= 0.6 is 0 Å². The van der Waals surface area contributed by atoms with E-state index < -0.39 is 10.7 Å². The molecule has 0 bridgehead atoms. The molecule has 4 rings (SSSR count). The smallest absolute Gasteiger partial charge is 0.316 e. The molecule has 1 aliphatic rings. The number of fused-ring (bicyclic) bond motifs is 1. The molecule has 1 N–H and O–H groups in total. The predicted molar refractivity (Wildman–Crippen MR) is 106 cm³/mol. The first-order valence-corrected chi connectivity index (χ1v) is 9.58. The van der Waals surface area contributed by atoms with Crippen molar-refractivity contribution in [3.05, 3.63) is 51.1 Å². The van der Waals surface area contributed by atoms with E-state index in [1.807, 2.05) is 0 Å². The Hall–Kier alpha value is -3.43. The van der Waals surface area contributed by atoms with Crippen LogP contribution in [-0.2, 0) is 19.9 Å². The Labute approximate surface area is 172 Å². The fraction of sp³-hybridized carbons (Fsp3) is 0.400. The average molecular weight is 415 g/mol.